The summed E-state index contributed by atoms with van der Waals surface area (Å²) in [7, 11) is 0. The van der Waals surface area contributed by atoms with E-state index in [1.165, 1.54) is 6.07 Å². The summed E-state index contributed by atoms with van der Waals surface area (Å²) in [5.41, 5.74) is 3.43. The number of aliphatic hydroxyl groups is 1. The van der Waals surface area contributed by atoms with Gasteiger partial charge >= 0.3 is 0 Å². The summed E-state index contributed by atoms with van der Waals surface area (Å²) in [4.78, 5) is 0. The van der Waals surface area contributed by atoms with Gasteiger partial charge in [0.15, 0.2) is 0 Å². The van der Waals surface area contributed by atoms with Crippen LogP contribution >= 0.6 is 11.6 Å². The van der Waals surface area contributed by atoms with Crippen LogP contribution in [0.25, 0.3) is 0 Å². The van der Waals surface area contributed by atoms with Gasteiger partial charge < -0.3 is 5.11 Å². The maximum Gasteiger partial charge on any atom is 0.129 e. The lowest BCUT2D eigenvalue weighted by Crippen LogP contribution is -2.06. The molecule has 100 valence electrons. The van der Waals surface area contributed by atoms with E-state index in [9.17, 15) is 9.50 Å². The zero-order valence-corrected chi connectivity index (χ0v) is 11.9. The van der Waals surface area contributed by atoms with Crippen molar-refractivity contribution in [3.8, 4) is 0 Å². The van der Waals surface area contributed by atoms with E-state index in [0.29, 0.717) is 16.1 Å². The van der Waals surface area contributed by atoms with Gasteiger partial charge in [-0.3, -0.25) is 0 Å². The van der Waals surface area contributed by atoms with Crippen molar-refractivity contribution in [1.82, 2.24) is 0 Å². The highest BCUT2D eigenvalue weighted by atomic mass is 35.5. The van der Waals surface area contributed by atoms with Gasteiger partial charge in [-0.25, -0.2) is 4.39 Å². The van der Waals surface area contributed by atoms with Crippen molar-refractivity contribution in [2.24, 2.45) is 0 Å². The molecule has 0 aliphatic carbocycles. The zero-order valence-electron chi connectivity index (χ0n) is 11.2. The third-order valence-electron chi connectivity index (χ3n) is 3.25. The molecule has 2 aromatic carbocycles. The van der Waals surface area contributed by atoms with Crippen molar-refractivity contribution in [3.63, 3.8) is 0 Å². The average Bonchev–Trinajstić information content (AvgIpc) is 2.31. The van der Waals surface area contributed by atoms with E-state index in [1.54, 1.807) is 25.1 Å². The molecule has 2 rings (SSSR count). The molecule has 0 fully saturated rings. The summed E-state index contributed by atoms with van der Waals surface area (Å²) >= 11 is 5.96. The van der Waals surface area contributed by atoms with Crippen LogP contribution in [0.5, 0.6) is 0 Å². The highest BCUT2D eigenvalue weighted by molar-refractivity contribution is 6.31. The lowest BCUT2D eigenvalue weighted by molar-refractivity contribution is 0.214. The zero-order chi connectivity index (χ0) is 14.2. The number of hydrogen-bond donors (Lipinski definition) is 1. The number of aliphatic hydroxyl groups excluding tert-OH is 1. The monoisotopic (exact) mass is 278 g/mol. The summed E-state index contributed by atoms with van der Waals surface area (Å²) in [5.74, 6) is -0.377. The first-order chi connectivity index (χ1) is 8.90. The third kappa shape index (κ3) is 2.80. The van der Waals surface area contributed by atoms with Crippen molar-refractivity contribution in [1.29, 1.82) is 0 Å². The lowest BCUT2D eigenvalue weighted by Gasteiger charge is -2.16. The Morgan fingerprint density at radius 2 is 1.74 bits per heavy atom. The standard InChI is InChI=1S/C16H16ClFO/c1-9-6-11(3)15(14(18)7-9)16(19)12-4-5-13(17)10(2)8-12/h4-8,16,19H,1-3H3. The maximum atomic E-state index is 14.0. The topological polar surface area (TPSA) is 20.2 Å². The highest BCUT2D eigenvalue weighted by Gasteiger charge is 2.18. The Hall–Kier alpha value is -1.38. The maximum absolute atomic E-state index is 14.0. The number of halogens is 2. The molecule has 0 radical (unpaired) electrons. The number of rotatable bonds is 2. The number of benzene rings is 2. The Balaban J connectivity index is 2.49. The van der Waals surface area contributed by atoms with Gasteiger partial charge in [-0.05, 0) is 55.2 Å². The third-order valence-corrected chi connectivity index (χ3v) is 3.68. The normalized spacial score (nSPS) is 12.5. The van der Waals surface area contributed by atoms with E-state index in [-0.39, 0.29) is 5.82 Å². The van der Waals surface area contributed by atoms with Gasteiger partial charge in [-0.2, -0.15) is 0 Å². The minimum absolute atomic E-state index is 0.326. The van der Waals surface area contributed by atoms with Gasteiger partial charge in [0, 0.05) is 10.6 Å². The van der Waals surface area contributed by atoms with Gasteiger partial charge in [0.05, 0.1) is 0 Å². The summed E-state index contributed by atoms with van der Waals surface area (Å²) in [6.07, 6.45) is -0.975. The molecule has 3 heteroatoms. The predicted molar refractivity (Wildman–Crippen MR) is 76.1 cm³/mol. The van der Waals surface area contributed by atoms with E-state index in [1.807, 2.05) is 19.9 Å². The molecule has 2 aromatic rings. The minimum Gasteiger partial charge on any atom is -0.384 e. The number of aryl methyl sites for hydroxylation is 3. The number of hydrogen-bond acceptors (Lipinski definition) is 1. The molecule has 0 spiro atoms. The molecular weight excluding hydrogens is 263 g/mol. The molecule has 1 atom stereocenters. The second-order valence-electron chi connectivity index (χ2n) is 4.89. The van der Waals surface area contributed by atoms with Crippen molar-refractivity contribution in [2.45, 2.75) is 26.9 Å². The Morgan fingerprint density at radius 1 is 1.05 bits per heavy atom. The fourth-order valence-corrected chi connectivity index (χ4v) is 2.40. The summed E-state index contributed by atoms with van der Waals surface area (Å²) in [6.45, 7) is 5.49. The molecule has 0 saturated heterocycles. The summed E-state index contributed by atoms with van der Waals surface area (Å²) in [6, 6.07) is 8.53. The molecule has 0 amide bonds. The Bertz CT molecular complexity index is 599. The molecular formula is C16H16ClFO. The van der Waals surface area contributed by atoms with Gasteiger partial charge in [-0.1, -0.05) is 29.8 Å². The molecule has 0 saturated carbocycles. The van der Waals surface area contributed by atoms with E-state index in [2.05, 4.69) is 0 Å². The molecule has 19 heavy (non-hydrogen) atoms. The molecule has 0 aromatic heterocycles. The average molecular weight is 279 g/mol. The summed E-state index contributed by atoms with van der Waals surface area (Å²) < 4.78 is 14.0. The minimum atomic E-state index is -0.975. The molecule has 0 aliphatic heterocycles. The van der Waals surface area contributed by atoms with Crippen molar-refractivity contribution in [3.05, 3.63) is 69.0 Å². The van der Waals surface area contributed by atoms with E-state index >= 15 is 0 Å². The Labute approximate surface area is 117 Å². The van der Waals surface area contributed by atoms with Crippen molar-refractivity contribution >= 4 is 11.6 Å². The van der Waals surface area contributed by atoms with E-state index in [4.69, 9.17) is 11.6 Å². The molecule has 1 unspecified atom stereocenters. The van der Waals surface area contributed by atoms with Gasteiger partial charge in [0.2, 0.25) is 0 Å². The van der Waals surface area contributed by atoms with Crippen LogP contribution in [0.3, 0.4) is 0 Å². The van der Waals surface area contributed by atoms with Crippen molar-refractivity contribution < 1.29 is 9.50 Å². The van der Waals surface area contributed by atoms with Crippen LogP contribution in [0.4, 0.5) is 4.39 Å². The molecule has 0 heterocycles. The van der Waals surface area contributed by atoms with Crippen molar-refractivity contribution in [2.75, 3.05) is 0 Å². The smallest absolute Gasteiger partial charge is 0.129 e. The SMILES string of the molecule is Cc1cc(C)c(C(O)c2ccc(Cl)c(C)c2)c(F)c1. The van der Waals surface area contributed by atoms with Gasteiger partial charge in [-0.15, -0.1) is 0 Å². The molecule has 1 nitrogen and oxygen atoms in total. The molecule has 0 aliphatic rings. The lowest BCUT2D eigenvalue weighted by atomic mass is 9.94. The van der Waals surface area contributed by atoms with Crippen LogP contribution in [0.2, 0.25) is 5.02 Å². The highest BCUT2D eigenvalue weighted by Crippen LogP contribution is 2.30. The van der Waals surface area contributed by atoms with Crippen LogP contribution in [0.1, 0.15) is 33.9 Å². The van der Waals surface area contributed by atoms with Crippen LogP contribution in [0.15, 0.2) is 30.3 Å². The quantitative estimate of drug-likeness (QED) is 0.858. The Kier molecular flexibility index (Phi) is 3.93. The first-order valence-corrected chi connectivity index (χ1v) is 6.48. The Morgan fingerprint density at radius 3 is 2.32 bits per heavy atom. The van der Waals surface area contributed by atoms with Crippen LogP contribution in [-0.2, 0) is 0 Å². The first-order valence-electron chi connectivity index (χ1n) is 6.11. The second kappa shape index (κ2) is 5.32. The largest absolute Gasteiger partial charge is 0.384 e. The fraction of sp³-hybridized carbons (Fsp3) is 0.250. The van der Waals surface area contributed by atoms with Crippen LogP contribution < -0.4 is 0 Å². The van der Waals surface area contributed by atoms with Gasteiger partial charge in [0.25, 0.3) is 0 Å². The van der Waals surface area contributed by atoms with E-state index in [0.717, 1.165) is 16.7 Å². The predicted octanol–water partition coefficient (Wildman–Crippen LogP) is 4.49. The second-order valence-corrected chi connectivity index (χ2v) is 5.30. The summed E-state index contributed by atoms with van der Waals surface area (Å²) in [5, 5.41) is 11.0. The van der Waals surface area contributed by atoms with E-state index < -0.39 is 6.10 Å². The van der Waals surface area contributed by atoms with Gasteiger partial charge in [0.1, 0.15) is 11.9 Å². The van der Waals surface area contributed by atoms with Crippen LogP contribution in [-0.4, -0.2) is 5.11 Å². The first kappa shape index (κ1) is 14.0. The molecule has 1 N–H and O–H groups in total. The fourth-order valence-electron chi connectivity index (χ4n) is 2.28. The molecule has 0 bridgehead atoms. The van der Waals surface area contributed by atoms with Crippen LogP contribution in [0, 0.1) is 26.6 Å².